The molecule has 0 aromatic heterocycles. The lowest BCUT2D eigenvalue weighted by Gasteiger charge is -2.15. The van der Waals surface area contributed by atoms with Crippen LogP contribution < -0.4 is 5.01 Å². The first-order valence-corrected chi connectivity index (χ1v) is 6.55. The van der Waals surface area contributed by atoms with Gasteiger partial charge in [-0.1, -0.05) is 23.8 Å². The Labute approximate surface area is 111 Å². The summed E-state index contributed by atoms with van der Waals surface area (Å²) >= 11 is 6.02. The SMILES string of the molecule is Cc1ccc2c(O)cc3c(c2c1)C(CCl)C[NH+]3[NH-]. The normalized spacial score (nSPS) is 22.4. The van der Waals surface area contributed by atoms with Crippen molar-refractivity contribution in [2.75, 3.05) is 12.4 Å². The molecule has 2 atom stereocenters. The molecule has 3 nitrogen and oxygen atoms in total. The maximum absolute atomic E-state index is 10.1. The number of hydrogen-bond donors (Lipinski definition) is 2. The van der Waals surface area contributed by atoms with E-state index in [1.807, 2.05) is 19.1 Å². The van der Waals surface area contributed by atoms with Crippen molar-refractivity contribution in [3.63, 3.8) is 0 Å². The molecule has 3 N–H and O–H groups in total. The minimum absolute atomic E-state index is 0.194. The summed E-state index contributed by atoms with van der Waals surface area (Å²) in [6.07, 6.45) is 0. The van der Waals surface area contributed by atoms with Gasteiger partial charge < -0.3 is 16.0 Å². The highest BCUT2D eigenvalue weighted by atomic mass is 35.5. The van der Waals surface area contributed by atoms with Crippen LogP contribution in [0.4, 0.5) is 5.69 Å². The fourth-order valence-corrected chi connectivity index (χ4v) is 3.08. The quantitative estimate of drug-likeness (QED) is 0.763. The smallest absolute Gasteiger partial charge is 0.129 e. The summed E-state index contributed by atoms with van der Waals surface area (Å²) in [5.41, 5.74) is 3.14. The molecule has 0 bridgehead atoms. The Balaban J connectivity index is 2.39. The Kier molecular flexibility index (Phi) is 2.70. The lowest BCUT2D eigenvalue weighted by molar-refractivity contribution is -0.770. The highest BCUT2D eigenvalue weighted by Gasteiger charge is 2.31. The van der Waals surface area contributed by atoms with E-state index >= 15 is 0 Å². The first-order chi connectivity index (χ1) is 8.61. The molecule has 2 unspecified atom stereocenters. The number of halogens is 1. The summed E-state index contributed by atoms with van der Waals surface area (Å²) in [7, 11) is 0. The largest absolute Gasteiger partial charge is 0.507 e. The zero-order valence-corrected chi connectivity index (χ0v) is 10.9. The minimum atomic E-state index is 0.194. The summed E-state index contributed by atoms with van der Waals surface area (Å²) in [4.78, 5) is 0. The molecule has 18 heavy (non-hydrogen) atoms. The van der Waals surface area contributed by atoms with Crippen LogP contribution in [0.15, 0.2) is 24.3 Å². The van der Waals surface area contributed by atoms with E-state index in [-0.39, 0.29) is 11.7 Å². The van der Waals surface area contributed by atoms with Gasteiger partial charge >= 0.3 is 0 Å². The average molecular weight is 263 g/mol. The number of hydrogen-bond acceptors (Lipinski definition) is 1. The Morgan fingerprint density at radius 3 is 2.89 bits per heavy atom. The van der Waals surface area contributed by atoms with E-state index in [2.05, 4.69) is 6.07 Å². The number of fused-ring (bicyclic) bond motifs is 3. The van der Waals surface area contributed by atoms with Gasteiger partial charge in [-0.25, -0.2) is 0 Å². The van der Waals surface area contributed by atoms with Gasteiger partial charge in [0.1, 0.15) is 11.4 Å². The molecule has 0 spiro atoms. The molecule has 0 fully saturated rings. The third-order valence-electron chi connectivity index (χ3n) is 3.68. The highest BCUT2D eigenvalue weighted by Crippen LogP contribution is 2.39. The van der Waals surface area contributed by atoms with Crippen molar-refractivity contribution in [1.82, 2.24) is 0 Å². The number of aromatic hydroxyl groups is 1. The molecule has 2 aromatic rings. The first-order valence-electron chi connectivity index (χ1n) is 6.01. The Bertz CT molecular complexity index is 627. The van der Waals surface area contributed by atoms with Gasteiger partial charge in [-0.15, -0.1) is 11.6 Å². The van der Waals surface area contributed by atoms with Crippen molar-refractivity contribution in [2.24, 2.45) is 0 Å². The Morgan fingerprint density at radius 2 is 2.17 bits per heavy atom. The van der Waals surface area contributed by atoms with Crippen molar-refractivity contribution in [1.29, 1.82) is 0 Å². The van der Waals surface area contributed by atoms with Gasteiger partial charge in [0.05, 0.1) is 12.5 Å². The molecule has 1 aliphatic rings. The molecule has 0 saturated heterocycles. The van der Waals surface area contributed by atoms with Crippen LogP contribution in [0.5, 0.6) is 5.75 Å². The van der Waals surface area contributed by atoms with Crippen molar-refractivity contribution in [3.05, 3.63) is 41.2 Å². The van der Waals surface area contributed by atoms with Gasteiger partial charge in [0.2, 0.25) is 0 Å². The molecule has 0 radical (unpaired) electrons. The predicted octanol–water partition coefficient (Wildman–Crippen LogP) is 2.67. The van der Waals surface area contributed by atoms with Crippen LogP contribution >= 0.6 is 11.6 Å². The second kappa shape index (κ2) is 4.12. The molecule has 94 valence electrons. The van der Waals surface area contributed by atoms with Crippen molar-refractivity contribution < 1.29 is 10.1 Å². The summed E-state index contributed by atoms with van der Waals surface area (Å²) in [6, 6.07) is 7.71. The van der Waals surface area contributed by atoms with Crippen molar-refractivity contribution in [3.8, 4) is 5.75 Å². The van der Waals surface area contributed by atoms with E-state index in [1.165, 1.54) is 0 Å². The van der Waals surface area contributed by atoms with Crippen LogP contribution in [0.25, 0.3) is 16.6 Å². The first kappa shape index (κ1) is 11.8. The lowest BCUT2D eigenvalue weighted by atomic mass is 9.94. The van der Waals surface area contributed by atoms with Crippen LogP contribution in [0.2, 0.25) is 0 Å². The number of nitrogens with one attached hydrogen (secondary N) is 2. The fourth-order valence-electron chi connectivity index (χ4n) is 2.82. The summed E-state index contributed by atoms with van der Waals surface area (Å²) in [5.74, 6) is 8.98. The lowest BCUT2D eigenvalue weighted by Crippen LogP contribution is -2.98. The predicted molar refractivity (Wildman–Crippen MR) is 73.6 cm³/mol. The van der Waals surface area contributed by atoms with Crippen molar-refractivity contribution >= 4 is 28.1 Å². The molecular formula is C14H15ClN2O. The number of quaternary nitrogens is 1. The van der Waals surface area contributed by atoms with Gasteiger partial charge in [0.25, 0.3) is 0 Å². The highest BCUT2D eigenvalue weighted by molar-refractivity contribution is 6.18. The van der Waals surface area contributed by atoms with E-state index in [1.54, 1.807) is 6.07 Å². The van der Waals surface area contributed by atoms with Gasteiger partial charge in [0, 0.05) is 22.9 Å². The maximum atomic E-state index is 10.1. The molecule has 0 saturated carbocycles. The van der Waals surface area contributed by atoms with E-state index in [4.69, 9.17) is 17.4 Å². The standard InChI is InChI=1S/C14H15ClN2O/c1-8-2-3-10-11(4-8)14-9(6-15)7-17(16)12(14)5-13(10)18/h2-5,9,16-18H,6-7H2,1H3. The van der Waals surface area contributed by atoms with Crippen LogP contribution in [0, 0.1) is 6.92 Å². The maximum Gasteiger partial charge on any atom is 0.129 e. The third kappa shape index (κ3) is 1.59. The van der Waals surface area contributed by atoms with E-state index in [9.17, 15) is 5.11 Å². The van der Waals surface area contributed by atoms with Crippen LogP contribution in [0.1, 0.15) is 17.0 Å². The van der Waals surface area contributed by atoms with Gasteiger partial charge in [-0.2, -0.15) is 0 Å². The van der Waals surface area contributed by atoms with Crippen LogP contribution in [-0.2, 0) is 0 Å². The summed E-state index contributed by atoms with van der Waals surface area (Å²) in [5, 5.41) is 12.5. The van der Waals surface area contributed by atoms with Gasteiger partial charge in [-0.3, -0.25) is 0 Å². The van der Waals surface area contributed by atoms with Gasteiger partial charge in [-0.05, 0) is 12.3 Å². The van der Waals surface area contributed by atoms with E-state index in [0.717, 1.165) is 27.6 Å². The summed E-state index contributed by atoms with van der Waals surface area (Å²) in [6.45, 7) is 2.71. The third-order valence-corrected chi connectivity index (χ3v) is 4.06. The molecule has 0 aliphatic carbocycles. The topological polar surface area (TPSA) is 48.5 Å². The zero-order chi connectivity index (χ0) is 12.9. The van der Waals surface area contributed by atoms with Crippen LogP contribution in [0.3, 0.4) is 0 Å². The Morgan fingerprint density at radius 1 is 1.39 bits per heavy atom. The van der Waals surface area contributed by atoms with Crippen LogP contribution in [-0.4, -0.2) is 17.5 Å². The molecule has 1 aliphatic heterocycles. The average Bonchev–Trinajstić information content (AvgIpc) is 2.66. The molecule has 4 heteroatoms. The molecule has 1 heterocycles. The van der Waals surface area contributed by atoms with Gasteiger partial charge in [0.15, 0.2) is 0 Å². The number of alkyl halides is 1. The van der Waals surface area contributed by atoms with E-state index < -0.39 is 0 Å². The van der Waals surface area contributed by atoms with E-state index in [0.29, 0.717) is 17.4 Å². The zero-order valence-electron chi connectivity index (χ0n) is 10.1. The molecular weight excluding hydrogens is 248 g/mol. The molecule has 3 rings (SSSR count). The Hall–Kier alpha value is -1.29. The number of phenolic OH excluding ortho intramolecular Hbond substituents is 1. The summed E-state index contributed by atoms with van der Waals surface area (Å²) < 4.78 is 0. The monoisotopic (exact) mass is 262 g/mol. The second-order valence-corrected chi connectivity index (χ2v) is 5.25. The minimum Gasteiger partial charge on any atom is -0.507 e. The molecule has 0 amide bonds. The number of rotatable bonds is 1. The number of phenols is 1. The van der Waals surface area contributed by atoms with Crippen molar-refractivity contribution in [2.45, 2.75) is 12.8 Å². The number of aryl methyl sites for hydroxylation is 1. The number of benzene rings is 2. The fraction of sp³-hybridized carbons (Fsp3) is 0.286. The molecule has 2 aromatic carbocycles. The second-order valence-electron chi connectivity index (χ2n) is 4.94.